The first kappa shape index (κ1) is 16.0. The van der Waals surface area contributed by atoms with E-state index in [-0.39, 0.29) is 4.90 Å². The summed E-state index contributed by atoms with van der Waals surface area (Å²) in [6.45, 7) is 2.13. The SMILES string of the molecule is CCCc1ccc(Oc2ccc(S(N)(=O)=O)cc2Br)cc1. The first-order valence-corrected chi connectivity index (χ1v) is 8.83. The maximum Gasteiger partial charge on any atom is 0.238 e. The summed E-state index contributed by atoms with van der Waals surface area (Å²) in [6.07, 6.45) is 2.13. The number of ether oxygens (including phenoxy) is 1. The molecule has 0 atom stereocenters. The van der Waals surface area contributed by atoms with Crippen LogP contribution in [-0.2, 0) is 16.4 Å². The molecule has 4 nitrogen and oxygen atoms in total. The molecule has 0 heterocycles. The molecular weight excluding hydrogens is 354 g/mol. The zero-order chi connectivity index (χ0) is 15.5. The van der Waals surface area contributed by atoms with Crippen LogP contribution in [0.5, 0.6) is 11.5 Å². The van der Waals surface area contributed by atoms with Gasteiger partial charge in [0.05, 0.1) is 9.37 Å². The van der Waals surface area contributed by atoms with E-state index in [1.165, 1.54) is 17.7 Å². The summed E-state index contributed by atoms with van der Waals surface area (Å²) in [5, 5.41) is 5.08. The van der Waals surface area contributed by atoms with Gasteiger partial charge in [0, 0.05) is 0 Å². The summed E-state index contributed by atoms with van der Waals surface area (Å²) in [6, 6.07) is 12.2. The predicted octanol–water partition coefficient (Wildman–Crippen LogP) is 3.84. The minimum absolute atomic E-state index is 0.0417. The van der Waals surface area contributed by atoms with Crippen molar-refractivity contribution in [2.45, 2.75) is 24.7 Å². The van der Waals surface area contributed by atoms with Crippen LogP contribution in [0.4, 0.5) is 0 Å². The van der Waals surface area contributed by atoms with Crippen LogP contribution in [0.3, 0.4) is 0 Å². The minimum atomic E-state index is -3.71. The highest BCUT2D eigenvalue weighted by Crippen LogP contribution is 2.31. The van der Waals surface area contributed by atoms with Crippen molar-refractivity contribution in [3.8, 4) is 11.5 Å². The molecule has 2 N–H and O–H groups in total. The summed E-state index contributed by atoms with van der Waals surface area (Å²) < 4.78 is 28.8. The van der Waals surface area contributed by atoms with Gasteiger partial charge in [0.25, 0.3) is 0 Å². The van der Waals surface area contributed by atoms with Crippen LogP contribution in [0.1, 0.15) is 18.9 Å². The van der Waals surface area contributed by atoms with Gasteiger partial charge in [-0.2, -0.15) is 0 Å². The minimum Gasteiger partial charge on any atom is -0.456 e. The summed E-state index contributed by atoms with van der Waals surface area (Å²) in [4.78, 5) is 0.0417. The van der Waals surface area contributed by atoms with Crippen molar-refractivity contribution in [1.29, 1.82) is 0 Å². The zero-order valence-electron chi connectivity index (χ0n) is 11.5. The lowest BCUT2D eigenvalue weighted by atomic mass is 10.1. The number of sulfonamides is 1. The van der Waals surface area contributed by atoms with Gasteiger partial charge in [-0.25, -0.2) is 13.6 Å². The maximum atomic E-state index is 11.3. The number of rotatable bonds is 5. The Balaban J connectivity index is 2.20. The first-order chi connectivity index (χ1) is 9.90. The highest BCUT2D eigenvalue weighted by atomic mass is 79.9. The standard InChI is InChI=1S/C15H16BrNO3S/c1-2-3-11-4-6-12(7-5-11)20-15-9-8-13(10-14(15)16)21(17,18)19/h4-10H,2-3H2,1H3,(H2,17,18,19). The average Bonchev–Trinajstić information content (AvgIpc) is 2.42. The topological polar surface area (TPSA) is 69.4 Å². The van der Waals surface area contributed by atoms with Crippen molar-refractivity contribution in [1.82, 2.24) is 0 Å². The third-order valence-corrected chi connectivity index (χ3v) is 4.45. The molecule has 6 heteroatoms. The van der Waals surface area contributed by atoms with E-state index in [2.05, 4.69) is 22.9 Å². The van der Waals surface area contributed by atoms with Crippen LogP contribution in [0, 0.1) is 0 Å². The lowest BCUT2D eigenvalue weighted by molar-refractivity contribution is 0.479. The van der Waals surface area contributed by atoms with Gasteiger partial charge in [-0.15, -0.1) is 0 Å². The van der Waals surface area contributed by atoms with Gasteiger partial charge in [0.2, 0.25) is 10.0 Å². The number of primary sulfonamides is 1. The first-order valence-electron chi connectivity index (χ1n) is 6.49. The van der Waals surface area contributed by atoms with Crippen molar-refractivity contribution >= 4 is 26.0 Å². The Kier molecular flexibility index (Phi) is 5.03. The molecule has 0 unspecified atom stereocenters. The number of hydrogen-bond acceptors (Lipinski definition) is 3. The molecule has 2 rings (SSSR count). The Morgan fingerprint density at radius 2 is 1.81 bits per heavy atom. The third-order valence-electron chi connectivity index (χ3n) is 2.92. The van der Waals surface area contributed by atoms with Gasteiger partial charge in [-0.1, -0.05) is 25.5 Å². The number of hydrogen-bond donors (Lipinski definition) is 1. The quantitative estimate of drug-likeness (QED) is 0.869. The van der Waals surface area contributed by atoms with Crippen LogP contribution < -0.4 is 9.88 Å². The molecule has 21 heavy (non-hydrogen) atoms. The van der Waals surface area contributed by atoms with E-state index in [9.17, 15) is 8.42 Å². The molecule has 0 spiro atoms. The van der Waals surface area contributed by atoms with Gasteiger partial charge < -0.3 is 4.74 Å². The summed E-state index contributed by atoms with van der Waals surface area (Å²) in [5.74, 6) is 1.23. The molecule has 0 amide bonds. The van der Waals surface area contributed by atoms with Crippen molar-refractivity contribution in [3.63, 3.8) is 0 Å². The van der Waals surface area contributed by atoms with E-state index in [1.807, 2.05) is 24.3 Å². The van der Waals surface area contributed by atoms with Crippen LogP contribution in [0.15, 0.2) is 51.8 Å². The second-order valence-corrected chi connectivity index (χ2v) is 7.05. The Hall–Kier alpha value is -1.37. The van der Waals surface area contributed by atoms with E-state index in [0.717, 1.165) is 12.8 Å². The summed E-state index contributed by atoms with van der Waals surface area (Å²) in [7, 11) is -3.71. The van der Waals surface area contributed by atoms with Gasteiger partial charge in [0.15, 0.2) is 0 Å². The summed E-state index contributed by atoms with van der Waals surface area (Å²) >= 11 is 3.29. The third kappa shape index (κ3) is 4.30. The molecule has 0 radical (unpaired) electrons. The Labute approximate surface area is 133 Å². The zero-order valence-corrected chi connectivity index (χ0v) is 13.9. The molecule has 112 valence electrons. The average molecular weight is 370 g/mol. The highest BCUT2D eigenvalue weighted by Gasteiger charge is 2.11. The molecule has 2 aromatic carbocycles. The molecular formula is C15H16BrNO3S. The molecule has 0 bridgehead atoms. The number of aryl methyl sites for hydroxylation is 1. The van der Waals surface area contributed by atoms with Gasteiger partial charge in [-0.05, 0) is 58.2 Å². The molecule has 0 aliphatic heterocycles. The van der Waals surface area contributed by atoms with Gasteiger partial charge in [0.1, 0.15) is 11.5 Å². The highest BCUT2D eigenvalue weighted by molar-refractivity contribution is 9.10. The molecule has 0 aromatic heterocycles. The van der Waals surface area contributed by atoms with E-state index in [0.29, 0.717) is 16.0 Å². The number of benzene rings is 2. The van der Waals surface area contributed by atoms with Crippen LogP contribution in [0.25, 0.3) is 0 Å². The molecule has 0 saturated heterocycles. The maximum absolute atomic E-state index is 11.3. The second kappa shape index (κ2) is 6.60. The van der Waals surface area contributed by atoms with E-state index >= 15 is 0 Å². The number of halogens is 1. The fourth-order valence-corrected chi connectivity index (χ4v) is 3.03. The van der Waals surface area contributed by atoms with Gasteiger partial charge >= 0.3 is 0 Å². The molecule has 0 aliphatic carbocycles. The number of nitrogens with two attached hydrogens (primary N) is 1. The lowest BCUT2D eigenvalue weighted by Crippen LogP contribution is -2.11. The van der Waals surface area contributed by atoms with E-state index in [4.69, 9.17) is 9.88 Å². The van der Waals surface area contributed by atoms with Crippen molar-refractivity contribution in [2.24, 2.45) is 5.14 Å². The molecule has 0 fully saturated rings. The Morgan fingerprint density at radius 3 is 2.33 bits per heavy atom. The van der Waals surface area contributed by atoms with Gasteiger partial charge in [-0.3, -0.25) is 0 Å². The van der Waals surface area contributed by atoms with Crippen molar-refractivity contribution < 1.29 is 13.2 Å². The predicted molar refractivity (Wildman–Crippen MR) is 86.0 cm³/mol. The lowest BCUT2D eigenvalue weighted by Gasteiger charge is -2.09. The Bertz CT molecular complexity index is 727. The largest absolute Gasteiger partial charge is 0.456 e. The molecule has 0 saturated carbocycles. The van der Waals surface area contributed by atoms with Crippen molar-refractivity contribution in [3.05, 3.63) is 52.5 Å². The fraction of sp³-hybridized carbons (Fsp3) is 0.200. The summed E-state index contributed by atoms with van der Waals surface area (Å²) in [5.41, 5.74) is 1.26. The van der Waals surface area contributed by atoms with Crippen LogP contribution in [0.2, 0.25) is 0 Å². The fourth-order valence-electron chi connectivity index (χ4n) is 1.88. The molecule has 2 aromatic rings. The smallest absolute Gasteiger partial charge is 0.238 e. The van der Waals surface area contributed by atoms with E-state index < -0.39 is 10.0 Å². The monoisotopic (exact) mass is 369 g/mol. The van der Waals surface area contributed by atoms with Crippen LogP contribution >= 0.6 is 15.9 Å². The van der Waals surface area contributed by atoms with Crippen LogP contribution in [-0.4, -0.2) is 8.42 Å². The Morgan fingerprint density at radius 1 is 1.14 bits per heavy atom. The van der Waals surface area contributed by atoms with E-state index in [1.54, 1.807) is 6.07 Å². The second-order valence-electron chi connectivity index (χ2n) is 4.63. The normalized spacial score (nSPS) is 11.4. The van der Waals surface area contributed by atoms with Crippen molar-refractivity contribution in [2.75, 3.05) is 0 Å². The molecule has 0 aliphatic rings.